The summed E-state index contributed by atoms with van der Waals surface area (Å²) in [5.74, 6) is 1.47. The number of allylic oxidation sites excluding steroid dienone is 1. The minimum atomic E-state index is -0.0333. The summed E-state index contributed by atoms with van der Waals surface area (Å²) in [6, 6.07) is 13.1. The van der Waals surface area contributed by atoms with Gasteiger partial charge in [0.2, 0.25) is 0 Å². The number of unbranched alkanes of at least 4 members (excludes halogenated alkanes) is 32. The van der Waals surface area contributed by atoms with Crippen molar-refractivity contribution in [2.45, 2.75) is 331 Å². The van der Waals surface area contributed by atoms with Gasteiger partial charge in [-0.05, 0) is 78.0 Å². The quantitative estimate of drug-likeness (QED) is 0.0357. The van der Waals surface area contributed by atoms with Crippen LogP contribution in [0.5, 0.6) is 0 Å². The van der Waals surface area contributed by atoms with Crippen molar-refractivity contribution in [3.8, 4) is 0 Å². The minimum absolute atomic E-state index is 0.0134. The van der Waals surface area contributed by atoms with E-state index in [2.05, 4.69) is 120 Å². The summed E-state index contributed by atoms with van der Waals surface area (Å²) in [5, 5.41) is 1.40. The lowest BCUT2D eigenvalue weighted by Gasteiger charge is -2.23. The van der Waals surface area contributed by atoms with Crippen LogP contribution in [0.15, 0.2) is 52.1 Å². The average Bonchev–Trinajstić information content (AvgIpc) is 1.76. The number of fused-ring (bicyclic) bond motifs is 4. The van der Waals surface area contributed by atoms with Crippen molar-refractivity contribution in [3.05, 3.63) is 96.8 Å². The molecule has 0 bridgehead atoms. The summed E-state index contributed by atoms with van der Waals surface area (Å²) in [6.07, 6.45) is 62.5. The molecule has 5 aromatic heterocycles. The van der Waals surface area contributed by atoms with Crippen LogP contribution < -0.4 is 11.1 Å². The van der Waals surface area contributed by atoms with Crippen LogP contribution in [0.4, 0.5) is 0 Å². The molecule has 6 rings (SSSR count). The Morgan fingerprint density at radius 3 is 1.12 bits per heavy atom. The fourth-order valence-corrected chi connectivity index (χ4v) is 14.6. The van der Waals surface area contributed by atoms with Crippen molar-refractivity contribution in [1.29, 1.82) is 0 Å². The van der Waals surface area contributed by atoms with E-state index in [0.717, 1.165) is 81.4 Å². The van der Waals surface area contributed by atoms with Crippen LogP contribution in [-0.4, -0.2) is 17.5 Å². The van der Waals surface area contributed by atoms with E-state index >= 15 is 9.59 Å². The summed E-state index contributed by atoms with van der Waals surface area (Å²) < 4.78 is 13.7. The van der Waals surface area contributed by atoms with Gasteiger partial charge < -0.3 is 0 Å². The first kappa shape index (κ1) is 70.0. The molecule has 0 fully saturated rings. The zero-order valence-corrected chi connectivity index (χ0v) is 56.6. The Hall–Kier alpha value is -4.10. The van der Waals surface area contributed by atoms with E-state index in [1.54, 1.807) is 0 Å². The highest BCUT2D eigenvalue weighted by atomic mass is 32.1. The Bertz CT molecular complexity index is 2950. The second-order valence-electron chi connectivity index (χ2n) is 27.2. The molecule has 2 atom stereocenters. The van der Waals surface area contributed by atoms with Crippen LogP contribution in [0, 0.1) is 17.8 Å². The lowest BCUT2D eigenvalue weighted by molar-refractivity contribution is 0.400. The zero-order valence-electron chi connectivity index (χ0n) is 55.8. The fourth-order valence-electron chi connectivity index (χ4n) is 14.0. The van der Waals surface area contributed by atoms with Crippen molar-refractivity contribution in [2.24, 2.45) is 17.8 Å². The molecule has 85 heavy (non-hydrogen) atoms. The Balaban J connectivity index is 1.45. The van der Waals surface area contributed by atoms with Crippen molar-refractivity contribution in [2.75, 3.05) is 0 Å². The maximum absolute atomic E-state index is 16.2. The molecule has 0 aliphatic rings. The summed E-state index contributed by atoms with van der Waals surface area (Å²) >= 11 is 1.26. The molecule has 5 heterocycles. The van der Waals surface area contributed by atoms with Gasteiger partial charge in [-0.2, -0.15) is 8.75 Å². The standard InChI is InChI=1S/C78H122N4O2S/c1-9-13-17-21-25-29-31-35-39-43-46-63(45-41-37-33-27-23-19-15-11-3)59-68-71-56-55-67(54-53-66-52-51-65(50-49-61(5)6)75-76(66)80-85-79-75)81(71)77(83)73-69(72-58-57-70(62(7)8)82(72)78(84)74(68)73)60-64(47-42-38-34-28-24-20-16-12-4)48-44-40-36-32-30-26-22-18-14-10-2/h49-58,61-64H,9-48,59-60H2,1-8H3/b50-49+,54-53+. The van der Waals surface area contributed by atoms with Crippen LogP contribution in [0.2, 0.25) is 0 Å². The molecule has 0 aliphatic carbocycles. The molecule has 0 radical (unpaired) electrons. The molecule has 472 valence electrons. The average molecular weight is 1180 g/mol. The number of nitrogens with zero attached hydrogens (tertiary/aromatic N) is 4. The first-order chi connectivity index (χ1) is 41.6. The van der Waals surface area contributed by atoms with E-state index in [-0.39, 0.29) is 17.0 Å². The zero-order chi connectivity index (χ0) is 60.4. The molecule has 7 heteroatoms. The predicted octanol–water partition coefficient (Wildman–Crippen LogP) is 24.5. The number of rotatable bonds is 49. The number of benzene rings is 1. The van der Waals surface area contributed by atoms with Gasteiger partial charge in [-0.15, -0.1) is 0 Å². The molecule has 0 amide bonds. The highest BCUT2D eigenvalue weighted by Crippen LogP contribution is 2.36. The largest absolute Gasteiger partial charge is 0.280 e. The Kier molecular flexibility index (Phi) is 33.3. The van der Waals surface area contributed by atoms with E-state index in [0.29, 0.717) is 28.5 Å². The molecule has 6 nitrogen and oxygen atoms in total. The van der Waals surface area contributed by atoms with Gasteiger partial charge in [0, 0.05) is 22.5 Å². The van der Waals surface area contributed by atoms with E-state index in [1.807, 2.05) is 4.40 Å². The van der Waals surface area contributed by atoms with Crippen LogP contribution >= 0.6 is 11.7 Å². The summed E-state index contributed by atoms with van der Waals surface area (Å²) in [6.45, 7) is 18.1. The van der Waals surface area contributed by atoms with Crippen molar-refractivity contribution in [1.82, 2.24) is 17.5 Å². The SMILES string of the molecule is CCCCCCCCCCCCC(CCCCCCCCCC)Cc1c2c(=O)n3c(C(C)C)ccc3c(CC(CCCCCCCCCC)CCCCCCCCCCCC)c2c(=O)n2c(/C=C/c3ccc(/C=C/C(C)C)c4nsnc34)ccc12. The highest BCUT2D eigenvalue weighted by Gasteiger charge is 2.28. The number of hydrogen-bond acceptors (Lipinski definition) is 5. The van der Waals surface area contributed by atoms with Gasteiger partial charge in [0.15, 0.2) is 0 Å². The van der Waals surface area contributed by atoms with E-state index in [9.17, 15) is 0 Å². The van der Waals surface area contributed by atoms with Crippen molar-refractivity contribution in [3.63, 3.8) is 0 Å². The normalized spacial score (nSPS) is 13.2. The second kappa shape index (κ2) is 40.4. The van der Waals surface area contributed by atoms with Crippen LogP contribution in [0.1, 0.15) is 352 Å². The molecular weight excluding hydrogens is 1060 g/mol. The summed E-state index contributed by atoms with van der Waals surface area (Å²) in [5.41, 5.74) is 9.85. The van der Waals surface area contributed by atoms with E-state index < -0.39 is 0 Å². The third kappa shape index (κ3) is 22.5. The smallest absolute Gasteiger partial charge is 0.264 e. The van der Waals surface area contributed by atoms with Gasteiger partial charge in [-0.3, -0.25) is 18.4 Å². The Labute approximate surface area is 523 Å². The number of pyridine rings is 2. The van der Waals surface area contributed by atoms with Gasteiger partial charge >= 0.3 is 0 Å². The lowest BCUT2D eigenvalue weighted by atomic mass is 9.85. The maximum atomic E-state index is 16.2. The third-order valence-electron chi connectivity index (χ3n) is 19.1. The van der Waals surface area contributed by atoms with Gasteiger partial charge in [0.1, 0.15) is 11.0 Å². The van der Waals surface area contributed by atoms with Crippen LogP contribution in [-0.2, 0) is 12.8 Å². The highest BCUT2D eigenvalue weighted by molar-refractivity contribution is 7.00. The van der Waals surface area contributed by atoms with Gasteiger partial charge in [-0.1, -0.05) is 343 Å². The van der Waals surface area contributed by atoms with Gasteiger partial charge in [-0.25, -0.2) is 0 Å². The molecule has 0 saturated heterocycles. The van der Waals surface area contributed by atoms with Crippen molar-refractivity contribution < 1.29 is 0 Å². The van der Waals surface area contributed by atoms with E-state index in [1.165, 1.54) is 256 Å². The molecule has 6 aromatic rings. The third-order valence-corrected chi connectivity index (χ3v) is 19.7. The van der Waals surface area contributed by atoms with Crippen LogP contribution in [0.3, 0.4) is 0 Å². The van der Waals surface area contributed by atoms with Gasteiger partial charge in [0.25, 0.3) is 11.1 Å². The monoisotopic (exact) mass is 1180 g/mol. The molecule has 0 N–H and O–H groups in total. The molecular formula is C78H122N4O2S. The second-order valence-corrected chi connectivity index (χ2v) is 27.7. The van der Waals surface area contributed by atoms with Crippen LogP contribution in [0.25, 0.3) is 51.1 Å². The van der Waals surface area contributed by atoms with Crippen molar-refractivity contribution >= 4 is 62.8 Å². The maximum Gasteiger partial charge on any atom is 0.264 e. The van der Waals surface area contributed by atoms with E-state index in [4.69, 9.17) is 8.75 Å². The Morgan fingerprint density at radius 2 is 0.741 bits per heavy atom. The first-order valence-corrected chi connectivity index (χ1v) is 37.0. The molecule has 0 spiro atoms. The predicted molar refractivity (Wildman–Crippen MR) is 376 cm³/mol. The summed E-state index contributed by atoms with van der Waals surface area (Å²) in [7, 11) is 0. The van der Waals surface area contributed by atoms with Gasteiger partial charge in [0.05, 0.1) is 33.5 Å². The number of aromatic nitrogens is 4. The Morgan fingerprint density at radius 1 is 0.400 bits per heavy atom. The molecule has 0 saturated carbocycles. The topological polar surface area (TPSA) is 68.7 Å². The molecule has 2 unspecified atom stereocenters. The molecule has 1 aromatic carbocycles. The summed E-state index contributed by atoms with van der Waals surface area (Å²) in [4.78, 5) is 32.2. The molecule has 0 aliphatic heterocycles. The lowest BCUT2D eigenvalue weighted by Crippen LogP contribution is -2.27. The number of hydrogen-bond donors (Lipinski definition) is 0. The first-order valence-electron chi connectivity index (χ1n) is 36.2. The minimum Gasteiger partial charge on any atom is -0.280 e. The fraction of sp³-hybridized carbons (Fsp3) is 0.692.